The maximum absolute atomic E-state index is 11.9. The van der Waals surface area contributed by atoms with Crippen molar-refractivity contribution in [3.05, 3.63) is 11.6 Å². The highest BCUT2D eigenvalue weighted by molar-refractivity contribution is 5.93. The van der Waals surface area contributed by atoms with Crippen LogP contribution in [0.25, 0.3) is 0 Å². The Balaban J connectivity index is 2.33. The van der Waals surface area contributed by atoms with E-state index in [0.29, 0.717) is 17.6 Å². The van der Waals surface area contributed by atoms with Gasteiger partial charge in [-0.05, 0) is 50.5 Å². The van der Waals surface area contributed by atoms with Crippen LogP contribution < -0.4 is 0 Å². The molecule has 3 unspecified atom stereocenters. The number of ketones is 1. The van der Waals surface area contributed by atoms with Gasteiger partial charge in [-0.1, -0.05) is 25.8 Å². The molecule has 0 saturated carbocycles. The molecular weight excluding hydrogens is 212 g/mol. The van der Waals surface area contributed by atoms with E-state index in [-0.39, 0.29) is 12.5 Å². The number of aliphatic hydroxyl groups is 1. The fourth-order valence-electron chi connectivity index (χ4n) is 2.59. The number of rotatable bonds is 6. The molecule has 1 aliphatic rings. The molecular formula is C15H26O2. The van der Waals surface area contributed by atoms with Crippen molar-refractivity contribution in [2.45, 2.75) is 52.9 Å². The molecule has 0 aromatic carbocycles. The van der Waals surface area contributed by atoms with Crippen LogP contribution in [0.3, 0.4) is 0 Å². The van der Waals surface area contributed by atoms with Crippen LogP contribution >= 0.6 is 0 Å². The van der Waals surface area contributed by atoms with E-state index in [2.05, 4.69) is 13.8 Å². The highest BCUT2D eigenvalue weighted by Crippen LogP contribution is 2.29. The van der Waals surface area contributed by atoms with Crippen molar-refractivity contribution in [2.24, 2.45) is 17.8 Å². The van der Waals surface area contributed by atoms with Gasteiger partial charge in [-0.3, -0.25) is 4.79 Å². The Kier molecular flexibility index (Phi) is 5.90. The number of hydrogen-bond acceptors (Lipinski definition) is 2. The molecule has 0 bridgehead atoms. The molecule has 0 heterocycles. The van der Waals surface area contributed by atoms with Gasteiger partial charge in [0.1, 0.15) is 0 Å². The van der Waals surface area contributed by atoms with E-state index in [4.69, 9.17) is 5.11 Å². The van der Waals surface area contributed by atoms with Crippen LogP contribution in [-0.4, -0.2) is 17.5 Å². The lowest BCUT2D eigenvalue weighted by Gasteiger charge is -2.25. The van der Waals surface area contributed by atoms with Gasteiger partial charge in [-0.25, -0.2) is 0 Å². The fourth-order valence-corrected chi connectivity index (χ4v) is 2.59. The average Bonchev–Trinajstić information content (AvgIpc) is 2.28. The van der Waals surface area contributed by atoms with Gasteiger partial charge in [0.2, 0.25) is 0 Å². The molecule has 1 N–H and O–H groups in total. The summed E-state index contributed by atoms with van der Waals surface area (Å²) in [6.45, 7) is 6.59. The molecule has 0 radical (unpaired) electrons. The molecule has 0 spiro atoms. The molecule has 1 rings (SSSR count). The number of hydrogen-bond donors (Lipinski definition) is 1. The lowest BCUT2D eigenvalue weighted by molar-refractivity contribution is -0.120. The Morgan fingerprint density at radius 1 is 1.41 bits per heavy atom. The number of carbonyl (C=O) groups is 1. The molecule has 2 heteroatoms. The van der Waals surface area contributed by atoms with E-state index < -0.39 is 0 Å². The number of allylic oxidation sites excluding steroid dienone is 2. The third-order valence-electron chi connectivity index (χ3n) is 3.96. The van der Waals surface area contributed by atoms with Gasteiger partial charge in [0.25, 0.3) is 0 Å². The van der Waals surface area contributed by atoms with E-state index in [1.165, 1.54) is 5.57 Å². The standard InChI is InChI=1S/C15H26O2/c1-11-7-8-14(15(17)9-11)13(3)6-4-5-12(2)10-16/h9,12-14,16H,4-8,10H2,1-3H3. The van der Waals surface area contributed by atoms with E-state index in [1.54, 1.807) is 0 Å². The third-order valence-corrected chi connectivity index (χ3v) is 3.96. The minimum absolute atomic E-state index is 0.239. The van der Waals surface area contributed by atoms with Crippen LogP contribution in [0.15, 0.2) is 11.6 Å². The van der Waals surface area contributed by atoms with Gasteiger partial charge in [-0.15, -0.1) is 0 Å². The van der Waals surface area contributed by atoms with Crippen molar-refractivity contribution >= 4 is 5.78 Å². The SMILES string of the molecule is CC1=CC(=O)C(C(C)CCCC(C)CO)CC1. The quantitative estimate of drug-likeness (QED) is 0.770. The van der Waals surface area contributed by atoms with Gasteiger partial charge >= 0.3 is 0 Å². The van der Waals surface area contributed by atoms with E-state index in [9.17, 15) is 4.79 Å². The molecule has 1 aliphatic carbocycles. The van der Waals surface area contributed by atoms with Gasteiger partial charge in [0.15, 0.2) is 5.78 Å². The van der Waals surface area contributed by atoms with E-state index >= 15 is 0 Å². The van der Waals surface area contributed by atoms with E-state index in [0.717, 1.165) is 32.1 Å². The van der Waals surface area contributed by atoms with Crippen LogP contribution in [-0.2, 0) is 4.79 Å². The minimum atomic E-state index is 0.239. The molecule has 0 aromatic rings. The molecule has 98 valence electrons. The summed E-state index contributed by atoms with van der Waals surface area (Å²) in [4.78, 5) is 11.9. The predicted molar refractivity (Wildman–Crippen MR) is 70.8 cm³/mol. The summed E-state index contributed by atoms with van der Waals surface area (Å²) in [6.07, 6.45) is 7.23. The summed E-state index contributed by atoms with van der Waals surface area (Å²) >= 11 is 0. The fraction of sp³-hybridized carbons (Fsp3) is 0.800. The van der Waals surface area contributed by atoms with Crippen molar-refractivity contribution in [3.63, 3.8) is 0 Å². The van der Waals surface area contributed by atoms with Crippen molar-refractivity contribution < 1.29 is 9.90 Å². The van der Waals surface area contributed by atoms with E-state index in [1.807, 2.05) is 13.0 Å². The summed E-state index contributed by atoms with van der Waals surface area (Å²) in [5, 5.41) is 8.96. The first-order valence-electron chi connectivity index (χ1n) is 6.86. The zero-order valence-electron chi connectivity index (χ0n) is 11.4. The largest absolute Gasteiger partial charge is 0.396 e. The van der Waals surface area contributed by atoms with Crippen LogP contribution in [0.5, 0.6) is 0 Å². The zero-order chi connectivity index (χ0) is 12.8. The summed E-state index contributed by atoms with van der Waals surface area (Å²) in [7, 11) is 0. The highest BCUT2D eigenvalue weighted by atomic mass is 16.3. The average molecular weight is 238 g/mol. The minimum Gasteiger partial charge on any atom is -0.396 e. The maximum Gasteiger partial charge on any atom is 0.158 e. The van der Waals surface area contributed by atoms with Gasteiger partial charge in [-0.2, -0.15) is 0 Å². The van der Waals surface area contributed by atoms with Crippen LogP contribution in [0, 0.1) is 17.8 Å². The van der Waals surface area contributed by atoms with Gasteiger partial charge in [0, 0.05) is 12.5 Å². The first kappa shape index (κ1) is 14.4. The van der Waals surface area contributed by atoms with Crippen molar-refractivity contribution in [2.75, 3.05) is 6.61 Å². The van der Waals surface area contributed by atoms with Crippen molar-refractivity contribution in [3.8, 4) is 0 Å². The second-order valence-electron chi connectivity index (χ2n) is 5.73. The topological polar surface area (TPSA) is 37.3 Å². The first-order chi connectivity index (χ1) is 8.04. The Bertz CT molecular complexity index is 281. The van der Waals surface area contributed by atoms with Gasteiger partial charge < -0.3 is 5.11 Å². The molecule has 2 nitrogen and oxygen atoms in total. The van der Waals surface area contributed by atoms with Crippen LogP contribution in [0.4, 0.5) is 0 Å². The monoisotopic (exact) mass is 238 g/mol. The molecule has 17 heavy (non-hydrogen) atoms. The summed E-state index contributed by atoms with van der Waals surface area (Å²) in [5.74, 6) is 1.45. The number of carbonyl (C=O) groups excluding carboxylic acids is 1. The Hall–Kier alpha value is -0.630. The Morgan fingerprint density at radius 3 is 2.71 bits per heavy atom. The molecule has 0 fully saturated rings. The zero-order valence-corrected chi connectivity index (χ0v) is 11.4. The van der Waals surface area contributed by atoms with Crippen molar-refractivity contribution in [1.82, 2.24) is 0 Å². The molecule has 3 atom stereocenters. The lowest BCUT2D eigenvalue weighted by Crippen LogP contribution is -2.24. The maximum atomic E-state index is 11.9. The molecule has 0 aliphatic heterocycles. The normalized spacial score (nSPS) is 24.4. The second-order valence-corrected chi connectivity index (χ2v) is 5.73. The predicted octanol–water partition coefficient (Wildman–Crippen LogP) is 3.35. The smallest absolute Gasteiger partial charge is 0.158 e. The summed E-state index contributed by atoms with van der Waals surface area (Å²) in [6, 6.07) is 0. The highest BCUT2D eigenvalue weighted by Gasteiger charge is 2.26. The van der Waals surface area contributed by atoms with Crippen molar-refractivity contribution in [1.29, 1.82) is 0 Å². The molecule has 0 saturated heterocycles. The number of aliphatic hydroxyl groups excluding tert-OH is 1. The van der Waals surface area contributed by atoms with Crippen LogP contribution in [0.1, 0.15) is 52.9 Å². The third kappa shape index (κ3) is 4.63. The second kappa shape index (κ2) is 6.95. The summed E-state index contributed by atoms with van der Waals surface area (Å²) in [5.41, 5.74) is 1.23. The van der Waals surface area contributed by atoms with Crippen LogP contribution in [0.2, 0.25) is 0 Å². The lowest BCUT2D eigenvalue weighted by atomic mass is 9.78. The first-order valence-corrected chi connectivity index (χ1v) is 6.86. The molecule has 0 aromatic heterocycles. The van der Waals surface area contributed by atoms with Gasteiger partial charge in [0.05, 0.1) is 0 Å². The molecule has 0 amide bonds. The Labute approximate surface area is 105 Å². The Morgan fingerprint density at radius 2 is 2.12 bits per heavy atom. The summed E-state index contributed by atoms with van der Waals surface area (Å²) < 4.78 is 0.